The van der Waals surface area contributed by atoms with Crippen molar-refractivity contribution in [1.29, 1.82) is 0 Å². The van der Waals surface area contributed by atoms with Crippen LogP contribution >= 0.6 is 0 Å². The van der Waals surface area contributed by atoms with Crippen molar-refractivity contribution in [3.8, 4) is 0 Å². The van der Waals surface area contributed by atoms with Crippen LogP contribution in [0.5, 0.6) is 0 Å². The third-order valence-electron chi connectivity index (χ3n) is 2.28. The molecular formula is C13H14FO. The van der Waals surface area contributed by atoms with Crippen molar-refractivity contribution in [2.24, 2.45) is 0 Å². The summed E-state index contributed by atoms with van der Waals surface area (Å²) in [5, 5.41) is 0. The van der Waals surface area contributed by atoms with Crippen molar-refractivity contribution in [3.05, 3.63) is 41.2 Å². The average molecular weight is 205 g/mol. The summed E-state index contributed by atoms with van der Waals surface area (Å²) < 4.78 is 13.4. The first kappa shape index (κ1) is 11.6. The van der Waals surface area contributed by atoms with E-state index in [-0.39, 0.29) is 11.0 Å². The Morgan fingerprint density at radius 1 is 1.40 bits per heavy atom. The molecule has 0 bridgehead atoms. The van der Waals surface area contributed by atoms with Crippen LogP contribution in [0.25, 0.3) is 6.08 Å². The number of rotatable bonds is 2. The highest BCUT2D eigenvalue weighted by molar-refractivity contribution is 5.78. The Kier molecular flexibility index (Phi) is 3.08. The lowest BCUT2D eigenvalue weighted by Crippen LogP contribution is -2.14. The zero-order chi connectivity index (χ0) is 11.6. The minimum Gasteiger partial charge on any atom is -0.285 e. The molecule has 0 spiro atoms. The van der Waals surface area contributed by atoms with Crippen molar-refractivity contribution >= 4 is 12.4 Å². The summed E-state index contributed by atoms with van der Waals surface area (Å²) >= 11 is 0. The molecular weight excluding hydrogens is 191 g/mol. The molecule has 15 heavy (non-hydrogen) atoms. The van der Waals surface area contributed by atoms with E-state index in [0.29, 0.717) is 0 Å². The molecule has 1 rings (SSSR count). The Morgan fingerprint density at radius 3 is 2.40 bits per heavy atom. The van der Waals surface area contributed by atoms with Gasteiger partial charge in [0, 0.05) is 0 Å². The molecule has 0 saturated heterocycles. The molecule has 1 aromatic rings. The lowest BCUT2D eigenvalue weighted by Gasteiger charge is -2.22. The Balaban J connectivity index is 3.47. The zero-order valence-electron chi connectivity index (χ0n) is 9.23. The second-order valence-corrected chi connectivity index (χ2v) is 4.48. The molecule has 0 aliphatic carbocycles. The first-order chi connectivity index (χ1) is 6.90. The van der Waals surface area contributed by atoms with E-state index in [1.165, 1.54) is 12.1 Å². The van der Waals surface area contributed by atoms with Gasteiger partial charge in [-0.25, -0.2) is 4.39 Å². The van der Waals surface area contributed by atoms with Crippen LogP contribution in [0.3, 0.4) is 0 Å². The second-order valence-electron chi connectivity index (χ2n) is 4.48. The molecule has 0 heterocycles. The third kappa shape index (κ3) is 2.32. The molecule has 0 aliphatic heterocycles. The highest BCUT2D eigenvalue weighted by Crippen LogP contribution is 2.28. The van der Waals surface area contributed by atoms with Crippen LogP contribution in [-0.2, 0) is 10.2 Å². The molecule has 1 aromatic carbocycles. The molecule has 79 valence electrons. The van der Waals surface area contributed by atoms with Gasteiger partial charge in [-0.05, 0) is 28.7 Å². The molecule has 0 aliphatic rings. The van der Waals surface area contributed by atoms with Gasteiger partial charge in [0.05, 0.1) is 5.56 Å². The fraction of sp³-hybridized carbons (Fsp3) is 0.308. The van der Waals surface area contributed by atoms with Crippen LogP contribution in [0.1, 0.15) is 37.5 Å². The molecule has 1 nitrogen and oxygen atoms in total. The Hall–Kier alpha value is -1.44. The monoisotopic (exact) mass is 205 g/mol. The average Bonchev–Trinajstić information content (AvgIpc) is 2.16. The van der Waals surface area contributed by atoms with Crippen LogP contribution in [0, 0.1) is 5.82 Å². The van der Waals surface area contributed by atoms with Crippen LogP contribution in [0.15, 0.2) is 18.7 Å². The van der Waals surface area contributed by atoms with Gasteiger partial charge in [-0.2, -0.15) is 0 Å². The summed E-state index contributed by atoms with van der Waals surface area (Å²) in [5.74, 6) is -0.527. The zero-order valence-corrected chi connectivity index (χ0v) is 9.23. The highest BCUT2D eigenvalue weighted by atomic mass is 19.1. The first-order valence-corrected chi connectivity index (χ1v) is 4.74. The molecule has 1 radical (unpaired) electrons. The van der Waals surface area contributed by atoms with Crippen LogP contribution < -0.4 is 0 Å². The van der Waals surface area contributed by atoms with E-state index in [0.717, 1.165) is 11.1 Å². The number of benzene rings is 1. The summed E-state index contributed by atoms with van der Waals surface area (Å²) in [7, 11) is 0. The van der Waals surface area contributed by atoms with Gasteiger partial charge in [0.15, 0.2) is 0 Å². The predicted octanol–water partition coefficient (Wildman–Crippen LogP) is 3.22. The Bertz CT molecular complexity index is 400. The van der Waals surface area contributed by atoms with Gasteiger partial charge < -0.3 is 0 Å². The van der Waals surface area contributed by atoms with Crippen molar-refractivity contribution < 1.29 is 9.18 Å². The van der Waals surface area contributed by atoms with Gasteiger partial charge in [-0.1, -0.05) is 33.4 Å². The molecule has 0 fully saturated rings. The lowest BCUT2D eigenvalue weighted by atomic mass is 9.83. The fourth-order valence-corrected chi connectivity index (χ4v) is 1.49. The van der Waals surface area contributed by atoms with Crippen LogP contribution in [-0.4, -0.2) is 6.29 Å². The molecule has 2 heteroatoms. The standard InChI is InChI=1S/C13H14FO/c1-5-9-6-10(8-15)12(14)7-11(9)13(2,3)4/h5-7H,1H2,2-4H3. The maximum absolute atomic E-state index is 13.4. The number of carbonyl (C=O) groups excluding carboxylic acids is 1. The fourth-order valence-electron chi connectivity index (χ4n) is 1.49. The molecule has 0 saturated carbocycles. The Labute approximate surface area is 89.6 Å². The first-order valence-electron chi connectivity index (χ1n) is 4.74. The minimum absolute atomic E-state index is 0.0436. The summed E-state index contributed by atoms with van der Waals surface area (Å²) in [6.07, 6.45) is 3.20. The van der Waals surface area contributed by atoms with Crippen LogP contribution in [0.4, 0.5) is 4.39 Å². The van der Waals surface area contributed by atoms with E-state index in [1.54, 1.807) is 12.4 Å². The topological polar surface area (TPSA) is 17.1 Å². The Morgan fingerprint density at radius 2 is 2.00 bits per heavy atom. The largest absolute Gasteiger partial charge is 0.285 e. The van der Waals surface area contributed by atoms with E-state index < -0.39 is 5.82 Å². The molecule has 0 unspecified atom stereocenters. The highest BCUT2D eigenvalue weighted by Gasteiger charge is 2.19. The normalized spacial score (nSPS) is 11.2. The minimum atomic E-state index is -0.527. The number of halogens is 1. The van der Waals surface area contributed by atoms with Gasteiger partial charge in [0.25, 0.3) is 0 Å². The summed E-state index contributed by atoms with van der Waals surface area (Å²) in [4.78, 5) is 10.5. The molecule has 0 atom stereocenters. The summed E-state index contributed by atoms with van der Waals surface area (Å²) in [6, 6.07) is 2.87. The quantitative estimate of drug-likeness (QED) is 0.724. The predicted molar refractivity (Wildman–Crippen MR) is 60.0 cm³/mol. The summed E-state index contributed by atoms with van der Waals surface area (Å²) in [6.45, 7) is 9.61. The van der Waals surface area contributed by atoms with Crippen molar-refractivity contribution in [2.45, 2.75) is 26.2 Å². The van der Waals surface area contributed by atoms with Gasteiger partial charge in [-0.3, -0.25) is 4.79 Å². The summed E-state index contributed by atoms with van der Waals surface area (Å²) in [5.41, 5.74) is 1.40. The van der Waals surface area contributed by atoms with Gasteiger partial charge in [-0.15, -0.1) is 0 Å². The van der Waals surface area contributed by atoms with E-state index in [9.17, 15) is 9.18 Å². The maximum Gasteiger partial charge on any atom is 0.236 e. The second kappa shape index (κ2) is 3.97. The van der Waals surface area contributed by atoms with Gasteiger partial charge >= 0.3 is 0 Å². The van der Waals surface area contributed by atoms with E-state index >= 15 is 0 Å². The van der Waals surface area contributed by atoms with Crippen molar-refractivity contribution in [1.82, 2.24) is 0 Å². The molecule has 0 N–H and O–H groups in total. The van der Waals surface area contributed by atoms with E-state index in [4.69, 9.17) is 0 Å². The third-order valence-corrected chi connectivity index (χ3v) is 2.28. The maximum atomic E-state index is 13.4. The van der Waals surface area contributed by atoms with Gasteiger partial charge in [0.2, 0.25) is 6.29 Å². The number of hydrogen-bond acceptors (Lipinski definition) is 1. The smallest absolute Gasteiger partial charge is 0.236 e. The van der Waals surface area contributed by atoms with Crippen LogP contribution in [0.2, 0.25) is 0 Å². The van der Waals surface area contributed by atoms with Gasteiger partial charge in [0.1, 0.15) is 5.82 Å². The number of hydrogen-bond donors (Lipinski definition) is 0. The SMILES string of the molecule is C=Cc1cc([C]=O)c(F)cc1C(C)(C)C. The van der Waals surface area contributed by atoms with Crippen molar-refractivity contribution in [3.63, 3.8) is 0 Å². The molecule has 0 aromatic heterocycles. The van der Waals surface area contributed by atoms with E-state index in [1.807, 2.05) is 20.8 Å². The van der Waals surface area contributed by atoms with Crippen molar-refractivity contribution in [2.75, 3.05) is 0 Å². The van der Waals surface area contributed by atoms with E-state index in [2.05, 4.69) is 6.58 Å². The molecule has 0 amide bonds. The lowest BCUT2D eigenvalue weighted by molar-refractivity contribution is 0.551.